The number of hydrogen-bond donors (Lipinski definition) is 1. The summed E-state index contributed by atoms with van der Waals surface area (Å²) in [5.41, 5.74) is 6.56. The summed E-state index contributed by atoms with van der Waals surface area (Å²) in [6, 6.07) is 4.87. The van der Waals surface area contributed by atoms with Gasteiger partial charge in [0.05, 0.1) is 4.90 Å². The zero-order valence-electron chi connectivity index (χ0n) is 9.40. The molecule has 0 aliphatic carbocycles. The minimum absolute atomic E-state index is 0.0262. The summed E-state index contributed by atoms with van der Waals surface area (Å²) in [5.74, 6) is 0. The van der Waals surface area contributed by atoms with Crippen LogP contribution in [0, 0.1) is 0 Å². The van der Waals surface area contributed by atoms with Crippen LogP contribution in [-0.2, 0) is 16.3 Å². The van der Waals surface area contributed by atoms with E-state index in [1.165, 1.54) is 12.3 Å². The highest BCUT2D eigenvalue weighted by Gasteiger charge is 2.15. The van der Waals surface area contributed by atoms with Crippen molar-refractivity contribution in [3.05, 3.63) is 28.8 Å². The monoisotopic (exact) mass is 261 g/mol. The van der Waals surface area contributed by atoms with Gasteiger partial charge in [0.1, 0.15) is 0 Å². The fourth-order valence-electron chi connectivity index (χ4n) is 1.47. The van der Waals surface area contributed by atoms with Crippen molar-refractivity contribution in [1.82, 2.24) is 0 Å². The van der Waals surface area contributed by atoms with Crippen molar-refractivity contribution >= 4 is 21.4 Å². The van der Waals surface area contributed by atoms with E-state index < -0.39 is 9.84 Å². The maximum absolute atomic E-state index is 11.6. The second kappa shape index (κ2) is 5.17. The van der Waals surface area contributed by atoms with Crippen molar-refractivity contribution in [3.63, 3.8) is 0 Å². The Balaban J connectivity index is 3.19. The van der Waals surface area contributed by atoms with Crippen molar-refractivity contribution in [2.45, 2.75) is 30.7 Å². The molecule has 0 heterocycles. The van der Waals surface area contributed by atoms with Gasteiger partial charge in [-0.15, -0.1) is 0 Å². The minimum atomic E-state index is -3.25. The van der Waals surface area contributed by atoms with E-state index in [4.69, 9.17) is 17.3 Å². The third kappa shape index (κ3) is 3.47. The SMILES string of the molecule is CCC(N)Cc1ccc(Cl)cc1S(C)(=O)=O. The van der Waals surface area contributed by atoms with Gasteiger partial charge in [-0.05, 0) is 30.5 Å². The minimum Gasteiger partial charge on any atom is -0.327 e. The van der Waals surface area contributed by atoms with Crippen molar-refractivity contribution in [2.24, 2.45) is 5.73 Å². The summed E-state index contributed by atoms with van der Waals surface area (Å²) in [5, 5.41) is 0.425. The normalized spacial score (nSPS) is 13.8. The summed E-state index contributed by atoms with van der Waals surface area (Å²) < 4.78 is 23.2. The highest BCUT2D eigenvalue weighted by atomic mass is 35.5. The molecule has 16 heavy (non-hydrogen) atoms. The van der Waals surface area contributed by atoms with Gasteiger partial charge in [-0.2, -0.15) is 0 Å². The molecule has 1 rings (SSSR count). The third-order valence-corrected chi connectivity index (χ3v) is 3.85. The van der Waals surface area contributed by atoms with Gasteiger partial charge in [0.25, 0.3) is 0 Å². The molecule has 0 radical (unpaired) electrons. The highest BCUT2D eigenvalue weighted by molar-refractivity contribution is 7.90. The smallest absolute Gasteiger partial charge is 0.175 e. The molecule has 0 amide bonds. The van der Waals surface area contributed by atoms with Crippen LogP contribution in [0.4, 0.5) is 0 Å². The fraction of sp³-hybridized carbons (Fsp3) is 0.455. The second-order valence-electron chi connectivity index (χ2n) is 3.90. The van der Waals surface area contributed by atoms with Crippen molar-refractivity contribution in [1.29, 1.82) is 0 Å². The molecule has 1 aromatic rings. The van der Waals surface area contributed by atoms with Gasteiger partial charge in [-0.1, -0.05) is 24.6 Å². The summed E-state index contributed by atoms with van der Waals surface area (Å²) in [7, 11) is -3.25. The van der Waals surface area contributed by atoms with Gasteiger partial charge >= 0.3 is 0 Å². The Hall–Kier alpha value is -0.580. The molecule has 1 unspecified atom stereocenters. The summed E-state index contributed by atoms with van der Waals surface area (Å²) in [4.78, 5) is 0.281. The summed E-state index contributed by atoms with van der Waals surface area (Å²) in [6.07, 6.45) is 2.54. The fourth-order valence-corrected chi connectivity index (χ4v) is 2.67. The van der Waals surface area contributed by atoms with Crippen LogP contribution < -0.4 is 5.73 Å². The van der Waals surface area contributed by atoms with Gasteiger partial charge < -0.3 is 5.73 Å². The number of sulfone groups is 1. The van der Waals surface area contributed by atoms with Crippen LogP contribution >= 0.6 is 11.6 Å². The summed E-state index contributed by atoms with van der Waals surface area (Å²) in [6.45, 7) is 1.97. The molecule has 0 aromatic heterocycles. The predicted molar refractivity (Wildman–Crippen MR) is 66.5 cm³/mol. The molecule has 0 saturated heterocycles. The van der Waals surface area contributed by atoms with Gasteiger partial charge in [0.15, 0.2) is 9.84 Å². The van der Waals surface area contributed by atoms with Crippen LogP contribution in [0.15, 0.2) is 23.1 Å². The Bertz CT molecular complexity index is 471. The van der Waals surface area contributed by atoms with Crippen LogP contribution in [0.1, 0.15) is 18.9 Å². The molecule has 0 aliphatic heterocycles. The van der Waals surface area contributed by atoms with Crippen LogP contribution in [0.25, 0.3) is 0 Å². The molecule has 2 N–H and O–H groups in total. The van der Waals surface area contributed by atoms with Crippen molar-refractivity contribution < 1.29 is 8.42 Å². The first-order valence-corrected chi connectivity index (χ1v) is 7.35. The van der Waals surface area contributed by atoms with E-state index in [9.17, 15) is 8.42 Å². The molecule has 1 atom stereocenters. The molecular formula is C11H16ClNO2S. The lowest BCUT2D eigenvalue weighted by atomic mass is 10.1. The Morgan fingerprint density at radius 1 is 1.44 bits per heavy atom. The quantitative estimate of drug-likeness (QED) is 0.902. The average molecular weight is 262 g/mol. The number of benzene rings is 1. The first-order valence-electron chi connectivity index (χ1n) is 5.08. The van der Waals surface area contributed by atoms with E-state index in [1.807, 2.05) is 6.92 Å². The van der Waals surface area contributed by atoms with Crippen LogP contribution in [0.5, 0.6) is 0 Å². The van der Waals surface area contributed by atoms with Crippen LogP contribution in [-0.4, -0.2) is 20.7 Å². The molecule has 0 bridgehead atoms. The van der Waals surface area contributed by atoms with Crippen LogP contribution in [0.3, 0.4) is 0 Å². The first kappa shape index (κ1) is 13.5. The molecule has 3 nitrogen and oxygen atoms in total. The predicted octanol–water partition coefficient (Wildman–Crippen LogP) is 2.02. The molecule has 0 spiro atoms. The first-order chi connectivity index (χ1) is 7.34. The lowest BCUT2D eigenvalue weighted by Crippen LogP contribution is -2.22. The maximum Gasteiger partial charge on any atom is 0.175 e. The highest BCUT2D eigenvalue weighted by Crippen LogP contribution is 2.22. The average Bonchev–Trinajstić information content (AvgIpc) is 2.19. The maximum atomic E-state index is 11.6. The molecule has 1 aromatic carbocycles. The molecule has 0 saturated carbocycles. The second-order valence-corrected chi connectivity index (χ2v) is 6.32. The Morgan fingerprint density at radius 3 is 2.56 bits per heavy atom. The largest absolute Gasteiger partial charge is 0.327 e. The van der Waals surface area contributed by atoms with Gasteiger partial charge in [0.2, 0.25) is 0 Å². The number of hydrogen-bond acceptors (Lipinski definition) is 3. The van der Waals surface area contributed by atoms with E-state index >= 15 is 0 Å². The molecule has 0 fully saturated rings. The van der Waals surface area contributed by atoms with E-state index in [2.05, 4.69) is 0 Å². The van der Waals surface area contributed by atoms with E-state index in [-0.39, 0.29) is 10.9 Å². The van der Waals surface area contributed by atoms with E-state index in [0.717, 1.165) is 12.0 Å². The standard InChI is InChI=1S/C11H16ClNO2S/c1-3-10(13)6-8-4-5-9(12)7-11(8)16(2,14)15/h4-5,7,10H,3,6,13H2,1-2H3. The topological polar surface area (TPSA) is 60.2 Å². The number of halogens is 1. The zero-order valence-corrected chi connectivity index (χ0v) is 11.0. The molecular weight excluding hydrogens is 246 g/mol. The Labute approximate surface area is 102 Å². The third-order valence-electron chi connectivity index (χ3n) is 2.44. The molecule has 90 valence electrons. The Morgan fingerprint density at radius 2 is 2.06 bits per heavy atom. The Kier molecular flexibility index (Phi) is 4.35. The number of rotatable bonds is 4. The lowest BCUT2D eigenvalue weighted by molar-refractivity contribution is 0.597. The van der Waals surface area contributed by atoms with Gasteiger partial charge in [0, 0.05) is 17.3 Å². The zero-order chi connectivity index (χ0) is 12.3. The van der Waals surface area contributed by atoms with Gasteiger partial charge in [-0.25, -0.2) is 8.42 Å². The van der Waals surface area contributed by atoms with Crippen molar-refractivity contribution in [2.75, 3.05) is 6.26 Å². The summed E-state index contributed by atoms with van der Waals surface area (Å²) >= 11 is 5.80. The lowest BCUT2D eigenvalue weighted by Gasteiger charge is -2.12. The number of nitrogens with two attached hydrogens (primary N) is 1. The molecule has 0 aliphatic rings. The van der Waals surface area contributed by atoms with Gasteiger partial charge in [-0.3, -0.25) is 0 Å². The van der Waals surface area contributed by atoms with E-state index in [1.54, 1.807) is 12.1 Å². The molecule has 5 heteroatoms. The van der Waals surface area contributed by atoms with Crippen molar-refractivity contribution in [3.8, 4) is 0 Å². The van der Waals surface area contributed by atoms with E-state index in [0.29, 0.717) is 11.4 Å². The van der Waals surface area contributed by atoms with Crippen LogP contribution in [0.2, 0.25) is 5.02 Å².